The lowest BCUT2D eigenvalue weighted by Gasteiger charge is -1.99. The van der Waals surface area contributed by atoms with Crippen molar-refractivity contribution in [2.75, 3.05) is 0 Å². The van der Waals surface area contributed by atoms with E-state index in [-0.39, 0.29) is 11.4 Å². The fraction of sp³-hybridized carbons (Fsp3) is 0. The van der Waals surface area contributed by atoms with Crippen molar-refractivity contribution in [3.63, 3.8) is 0 Å². The molecule has 19 heavy (non-hydrogen) atoms. The van der Waals surface area contributed by atoms with Gasteiger partial charge in [0, 0.05) is 10.0 Å². The minimum absolute atomic E-state index is 0.133. The van der Waals surface area contributed by atoms with Crippen LogP contribution in [0.2, 0.25) is 0 Å². The SMILES string of the molecule is N#CC(=Cc1ccc(Br)cc1)C(=O)c1ccccc1. The number of carbonyl (C=O) groups is 1. The van der Waals surface area contributed by atoms with E-state index in [1.54, 1.807) is 30.3 Å². The summed E-state index contributed by atoms with van der Waals surface area (Å²) in [5.41, 5.74) is 1.48. The minimum atomic E-state index is -0.258. The fourth-order valence-corrected chi connectivity index (χ4v) is 1.88. The maximum atomic E-state index is 12.1. The molecule has 3 heteroatoms. The molecule has 2 aromatic rings. The van der Waals surface area contributed by atoms with Gasteiger partial charge in [-0.2, -0.15) is 5.26 Å². The van der Waals surface area contributed by atoms with Gasteiger partial charge in [0.2, 0.25) is 5.78 Å². The average Bonchev–Trinajstić information content (AvgIpc) is 2.47. The van der Waals surface area contributed by atoms with Gasteiger partial charge in [-0.05, 0) is 23.8 Å². The predicted molar refractivity (Wildman–Crippen MR) is 78.5 cm³/mol. The topological polar surface area (TPSA) is 40.9 Å². The molecule has 2 rings (SSSR count). The zero-order valence-electron chi connectivity index (χ0n) is 10.0. The van der Waals surface area contributed by atoms with Crippen molar-refractivity contribution in [1.29, 1.82) is 5.26 Å². The smallest absolute Gasteiger partial charge is 0.203 e. The monoisotopic (exact) mass is 311 g/mol. The van der Waals surface area contributed by atoms with Gasteiger partial charge in [-0.25, -0.2) is 0 Å². The molecule has 0 fully saturated rings. The quantitative estimate of drug-likeness (QED) is 0.483. The molecule has 2 nitrogen and oxygen atoms in total. The second-order valence-corrected chi connectivity index (χ2v) is 4.83. The van der Waals surface area contributed by atoms with Crippen LogP contribution in [-0.4, -0.2) is 5.78 Å². The number of hydrogen-bond acceptors (Lipinski definition) is 2. The largest absolute Gasteiger partial charge is 0.288 e. The van der Waals surface area contributed by atoms with Crippen LogP contribution < -0.4 is 0 Å². The van der Waals surface area contributed by atoms with Crippen molar-refractivity contribution in [3.05, 3.63) is 75.8 Å². The Morgan fingerprint density at radius 3 is 2.26 bits per heavy atom. The van der Waals surface area contributed by atoms with E-state index in [0.717, 1.165) is 10.0 Å². The van der Waals surface area contributed by atoms with Gasteiger partial charge in [-0.1, -0.05) is 58.4 Å². The first-order valence-electron chi connectivity index (χ1n) is 5.68. The van der Waals surface area contributed by atoms with Crippen molar-refractivity contribution < 1.29 is 4.79 Å². The number of allylic oxidation sites excluding steroid dienone is 1. The van der Waals surface area contributed by atoms with Crippen LogP contribution in [0.3, 0.4) is 0 Å². The van der Waals surface area contributed by atoms with Crippen LogP contribution in [0.25, 0.3) is 6.08 Å². The van der Waals surface area contributed by atoms with Crippen molar-refractivity contribution in [2.45, 2.75) is 0 Å². The number of hydrogen-bond donors (Lipinski definition) is 0. The van der Waals surface area contributed by atoms with Crippen LogP contribution in [0.1, 0.15) is 15.9 Å². The highest BCUT2D eigenvalue weighted by Gasteiger charge is 2.11. The molecule has 0 aliphatic carbocycles. The molecule has 0 bridgehead atoms. The second-order valence-electron chi connectivity index (χ2n) is 3.92. The van der Waals surface area contributed by atoms with Gasteiger partial charge < -0.3 is 0 Å². The van der Waals surface area contributed by atoms with E-state index >= 15 is 0 Å². The summed E-state index contributed by atoms with van der Waals surface area (Å²) in [6, 6.07) is 18.2. The van der Waals surface area contributed by atoms with Gasteiger partial charge in [0.05, 0.1) is 0 Å². The minimum Gasteiger partial charge on any atom is -0.288 e. The van der Waals surface area contributed by atoms with Gasteiger partial charge in [-0.3, -0.25) is 4.79 Å². The first kappa shape index (κ1) is 13.3. The molecule has 0 heterocycles. The number of benzene rings is 2. The standard InChI is InChI=1S/C16H10BrNO/c17-15-8-6-12(7-9-15)10-14(11-18)16(19)13-4-2-1-3-5-13/h1-10H. The van der Waals surface area contributed by atoms with Crippen LogP contribution in [0, 0.1) is 11.3 Å². The van der Waals surface area contributed by atoms with Crippen LogP contribution in [-0.2, 0) is 0 Å². The molecular weight excluding hydrogens is 302 g/mol. The summed E-state index contributed by atoms with van der Waals surface area (Å²) in [6.45, 7) is 0. The Bertz CT molecular complexity index is 651. The lowest BCUT2D eigenvalue weighted by molar-refractivity contribution is 0.104. The summed E-state index contributed by atoms with van der Waals surface area (Å²) >= 11 is 3.34. The van der Waals surface area contributed by atoms with E-state index in [1.165, 1.54) is 0 Å². The number of nitriles is 1. The van der Waals surface area contributed by atoms with Crippen LogP contribution in [0.4, 0.5) is 0 Å². The van der Waals surface area contributed by atoms with E-state index in [2.05, 4.69) is 15.9 Å². The number of ketones is 1. The van der Waals surface area contributed by atoms with Crippen molar-refractivity contribution in [1.82, 2.24) is 0 Å². The normalized spacial score (nSPS) is 10.8. The van der Waals surface area contributed by atoms with Gasteiger partial charge in [-0.15, -0.1) is 0 Å². The molecule has 0 aliphatic rings. The number of carbonyl (C=O) groups excluding carboxylic acids is 1. The molecule has 0 saturated heterocycles. The number of rotatable bonds is 3. The molecule has 0 saturated carbocycles. The van der Waals surface area contributed by atoms with E-state index in [9.17, 15) is 4.79 Å². The molecule has 0 spiro atoms. The summed E-state index contributed by atoms with van der Waals surface area (Å²) in [4.78, 5) is 12.1. The van der Waals surface area contributed by atoms with Gasteiger partial charge in [0.15, 0.2) is 0 Å². The highest BCUT2D eigenvalue weighted by atomic mass is 79.9. The highest BCUT2D eigenvalue weighted by Crippen LogP contribution is 2.15. The second kappa shape index (κ2) is 6.12. The average molecular weight is 312 g/mol. The predicted octanol–water partition coefficient (Wildman–Crippen LogP) is 4.24. The van der Waals surface area contributed by atoms with E-state index in [1.807, 2.05) is 36.4 Å². The maximum absolute atomic E-state index is 12.1. The molecule has 2 aromatic carbocycles. The molecule has 0 unspecified atom stereocenters. The Morgan fingerprint density at radius 2 is 1.68 bits per heavy atom. The number of nitrogens with zero attached hydrogens (tertiary/aromatic N) is 1. The summed E-state index contributed by atoms with van der Waals surface area (Å²) in [5.74, 6) is -0.258. The summed E-state index contributed by atoms with van der Waals surface area (Å²) in [5, 5.41) is 9.13. The van der Waals surface area contributed by atoms with Gasteiger partial charge >= 0.3 is 0 Å². The van der Waals surface area contributed by atoms with E-state index in [0.29, 0.717) is 5.56 Å². The van der Waals surface area contributed by atoms with Crippen LogP contribution in [0.15, 0.2) is 64.6 Å². The Kier molecular flexibility index (Phi) is 4.27. The van der Waals surface area contributed by atoms with E-state index < -0.39 is 0 Å². The first-order valence-corrected chi connectivity index (χ1v) is 6.47. The van der Waals surface area contributed by atoms with Crippen molar-refractivity contribution in [3.8, 4) is 6.07 Å². The lowest BCUT2D eigenvalue weighted by atomic mass is 10.0. The zero-order chi connectivity index (χ0) is 13.7. The molecule has 92 valence electrons. The Balaban J connectivity index is 2.33. The Hall–Kier alpha value is -2.18. The molecule has 0 atom stereocenters. The maximum Gasteiger partial charge on any atom is 0.203 e. The Labute approximate surface area is 120 Å². The molecule has 0 aliphatic heterocycles. The fourth-order valence-electron chi connectivity index (χ4n) is 1.62. The lowest BCUT2D eigenvalue weighted by Crippen LogP contribution is -2.01. The number of Topliss-reactive ketones (excluding diaryl/α,β-unsaturated/α-hetero) is 1. The van der Waals surface area contributed by atoms with Gasteiger partial charge in [0.1, 0.15) is 11.6 Å². The molecule has 0 radical (unpaired) electrons. The van der Waals surface area contributed by atoms with Crippen molar-refractivity contribution >= 4 is 27.8 Å². The molecule has 0 N–H and O–H groups in total. The molecule has 0 amide bonds. The third-order valence-electron chi connectivity index (χ3n) is 2.58. The zero-order valence-corrected chi connectivity index (χ0v) is 11.6. The van der Waals surface area contributed by atoms with Gasteiger partial charge in [0.25, 0.3) is 0 Å². The number of halogens is 1. The summed E-state index contributed by atoms with van der Waals surface area (Å²) in [6.07, 6.45) is 1.60. The summed E-state index contributed by atoms with van der Waals surface area (Å²) < 4.78 is 0.956. The first-order chi connectivity index (χ1) is 9.20. The van der Waals surface area contributed by atoms with Crippen LogP contribution in [0.5, 0.6) is 0 Å². The third-order valence-corrected chi connectivity index (χ3v) is 3.11. The van der Waals surface area contributed by atoms with Crippen LogP contribution >= 0.6 is 15.9 Å². The third kappa shape index (κ3) is 3.40. The molecular formula is C16H10BrNO. The van der Waals surface area contributed by atoms with Crippen molar-refractivity contribution in [2.24, 2.45) is 0 Å². The molecule has 0 aromatic heterocycles. The van der Waals surface area contributed by atoms with E-state index in [4.69, 9.17) is 5.26 Å². The Morgan fingerprint density at radius 1 is 1.05 bits per heavy atom. The highest BCUT2D eigenvalue weighted by molar-refractivity contribution is 9.10. The summed E-state index contributed by atoms with van der Waals surface area (Å²) in [7, 11) is 0.